The van der Waals surface area contributed by atoms with E-state index in [9.17, 15) is 9.59 Å². The van der Waals surface area contributed by atoms with Crippen LogP contribution < -0.4 is 15.4 Å². The predicted octanol–water partition coefficient (Wildman–Crippen LogP) is 2.94. The Morgan fingerprint density at radius 2 is 1.67 bits per heavy atom. The van der Waals surface area contributed by atoms with Crippen molar-refractivity contribution < 1.29 is 23.8 Å². The number of primary amides is 1. The topological polar surface area (TPSA) is 91.1 Å². The molecule has 0 atom stereocenters. The zero-order chi connectivity index (χ0) is 21.5. The Bertz CT molecular complexity index is 1150. The Morgan fingerprint density at radius 1 is 0.967 bits per heavy atom. The lowest BCUT2D eigenvalue weighted by molar-refractivity contribution is -0.209. The number of methoxy groups -OCH3 is 3. The van der Waals surface area contributed by atoms with E-state index in [1.165, 1.54) is 14.2 Å². The molecule has 0 radical (unpaired) electrons. The fourth-order valence-electron chi connectivity index (χ4n) is 3.91. The van der Waals surface area contributed by atoms with Crippen LogP contribution in [0, 0.1) is 0 Å². The summed E-state index contributed by atoms with van der Waals surface area (Å²) in [6, 6.07) is 16.7. The number of hydrogen-bond donors (Lipinski definition) is 1. The summed E-state index contributed by atoms with van der Waals surface area (Å²) in [5, 5.41) is 2.08. The Balaban J connectivity index is 1.75. The Morgan fingerprint density at radius 3 is 2.33 bits per heavy atom. The summed E-state index contributed by atoms with van der Waals surface area (Å²) in [5.41, 5.74) is 7.71. The molecule has 2 amide bonds. The van der Waals surface area contributed by atoms with Crippen LogP contribution in [-0.2, 0) is 26.6 Å². The van der Waals surface area contributed by atoms with Crippen LogP contribution in [0.15, 0.2) is 54.6 Å². The number of carbonyl (C=O) groups excluding carboxylic acids is 2. The minimum atomic E-state index is -1.62. The first kappa shape index (κ1) is 19.9. The fraction of sp³-hybridized carbons (Fsp3) is 0.217. The highest BCUT2D eigenvalue weighted by Crippen LogP contribution is 2.44. The third-order valence-electron chi connectivity index (χ3n) is 5.48. The molecule has 0 aromatic heterocycles. The van der Waals surface area contributed by atoms with E-state index in [1.54, 1.807) is 30.2 Å². The van der Waals surface area contributed by atoms with Crippen LogP contribution in [0.1, 0.15) is 21.5 Å². The number of fused-ring (bicyclic) bond motifs is 2. The molecule has 0 bridgehead atoms. The van der Waals surface area contributed by atoms with E-state index in [0.717, 1.165) is 22.1 Å². The van der Waals surface area contributed by atoms with Crippen LogP contribution in [-0.4, -0.2) is 33.1 Å². The average Bonchev–Trinajstić information content (AvgIpc) is 3.00. The van der Waals surface area contributed by atoms with Gasteiger partial charge in [-0.2, -0.15) is 0 Å². The Kier molecular flexibility index (Phi) is 4.93. The summed E-state index contributed by atoms with van der Waals surface area (Å²) in [7, 11) is 4.43. The third-order valence-corrected chi connectivity index (χ3v) is 5.48. The third kappa shape index (κ3) is 2.99. The molecular formula is C23H22N2O5. The predicted molar refractivity (Wildman–Crippen MR) is 112 cm³/mol. The zero-order valence-corrected chi connectivity index (χ0v) is 17.0. The first-order valence-corrected chi connectivity index (χ1v) is 9.37. The van der Waals surface area contributed by atoms with Crippen molar-refractivity contribution in [2.75, 3.05) is 26.2 Å². The van der Waals surface area contributed by atoms with Crippen LogP contribution in [0.5, 0.6) is 5.75 Å². The molecule has 7 nitrogen and oxygen atoms in total. The van der Waals surface area contributed by atoms with Gasteiger partial charge in [0.1, 0.15) is 5.75 Å². The van der Waals surface area contributed by atoms with Crippen molar-refractivity contribution in [3.05, 3.63) is 71.3 Å². The van der Waals surface area contributed by atoms with Crippen molar-refractivity contribution in [3.8, 4) is 5.75 Å². The molecule has 1 aliphatic rings. The molecule has 30 heavy (non-hydrogen) atoms. The quantitative estimate of drug-likeness (QED) is 0.636. The van der Waals surface area contributed by atoms with Gasteiger partial charge in [0.25, 0.3) is 11.7 Å². The Labute approximate surface area is 173 Å². The second-order valence-electron chi connectivity index (χ2n) is 7.06. The monoisotopic (exact) mass is 406 g/mol. The van der Waals surface area contributed by atoms with Crippen molar-refractivity contribution in [2.24, 2.45) is 5.73 Å². The molecule has 0 saturated heterocycles. The van der Waals surface area contributed by atoms with Gasteiger partial charge in [0.2, 0.25) is 5.91 Å². The number of carbonyl (C=O) groups is 2. The molecule has 3 aromatic rings. The molecule has 3 aromatic carbocycles. The second kappa shape index (κ2) is 7.44. The van der Waals surface area contributed by atoms with Gasteiger partial charge in [-0.1, -0.05) is 18.2 Å². The van der Waals surface area contributed by atoms with E-state index >= 15 is 0 Å². The highest BCUT2D eigenvalue weighted by atomic mass is 16.7. The number of benzene rings is 3. The first-order valence-electron chi connectivity index (χ1n) is 9.37. The SMILES string of the molecule is COc1ccc2cc(CN3C(=O)C(OC)(OC)c4cc(C(N)=O)ccc43)ccc2c1. The van der Waals surface area contributed by atoms with Gasteiger partial charge < -0.3 is 24.8 Å². The minimum Gasteiger partial charge on any atom is -0.497 e. The van der Waals surface area contributed by atoms with E-state index in [2.05, 4.69) is 0 Å². The number of amides is 2. The maximum atomic E-state index is 13.3. The van der Waals surface area contributed by atoms with Crippen LogP contribution in [0.2, 0.25) is 0 Å². The van der Waals surface area contributed by atoms with E-state index < -0.39 is 11.7 Å². The van der Waals surface area contributed by atoms with Gasteiger partial charge >= 0.3 is 0 Å². The van der Waals surface area contributed by atoms with Crippen LogP contribution >= 0.6 is 0 Å². The van der Waals surface area contributed by atoms with Gasteiger partial charge in [0.15, 0.2) is 0 Å². The van der Waals surface area contributed by atoms with Gasteiger partial charge in [0, 0.05) is 25.3 Å². The highest BCUT2D eigenvalue weighted by molar-refractivity contribution is 6.07. The summed E-state index contributed by atoms with van der Waals surface area (Å²) in [6.07, 6.45) is 0. The molecule has 1 aliphatic heterocycles. The number of ether oxygens (including phenoxy) is 3. The first-order chi connectivity index (χ1) is 14.4. The number of rotatable bonds is 6. The van der Waals surface area contributed by atoms with E-state index in [0.29, 0.717) is 17.8 Å². The summed E-state index contributed by atoms with van der Waals surface area (Å²) in [5.74, 6) is -1.78. The molecule has 4 rings (SSSR count). The summed E-state index contributed by atoms with van der Waals surface area (Å²) < 4.78 is 16.3. The number of hydrogen-bond acceptors (Lipinski definition) is 5. The lowest BCUT2D eigenvalue weighted by Gasteiger charge is -2.25. The van der Waals surface area contributed by atoms with Crippen molar-refractivity contribution in [1.82, 2.24) is 0 Å². The van der Waals surface area contributed by atoms with Crippen molar-refractivity contribution in [3.63, 3.8) is 0 Å². The lowest BCUT2D eigenvalue weighted by atomic mass is 10.0. The molecule has 0 spiro atoms. The molecule has 2 N–H and O–H groups in total. The standard InChI is InChI=1S/C23H22N2O5/c1-28-18-8-6-15-10-14(4-5-16(15)11-18)13-25-20-9-7-17(21(24)26)12-19(20)23(29-2,30-3)22(25)27/h4-12H,13H2,1-3H3,(H2,24,26). The molecular weight excluding hydrogens is 384 g/mol. The van der Waals surface area contributed by atoms with Crippen LogP contribution in [0.4, 0.5) is 5.69 Å². The van der Waals surface area contributed by atoms with Crippen LogP contribution in [0.3, 0.4) is 0 Å². The molecule has 0 fully saturated rings. The van der Waals surface area contributed by atoms with Gasteiger partial charge in [-0.3, -0.25) is 9.59 Å². The van der Waals surface area contributed by atoms with Gasteiger partial charge in [0.05, 0.1) is 19.3 Å². The molecule has 154 valence electrons. The number of nitrogens with two attached hydrogens (primary N) is 1. The normalized spacial score (nSPS) is 14.8. The second-order valence-corrected chi connectivity index (χ2v) is 7.06. The molecule has 7 heteroatoms. The minimum absolute atomic E-state index is 0.279. The van der Waals surface area contributed by atoms with Gasteiger partial charge in [-0.05, 0) is 52.7 Å². The molecule has 0 saturated carbocycles. The van der Waals surface area contributed by atoms with E-state index in [4.69, 9.17) is 19.9 Å². The smallest absolute Gasteiger partial charge is 0.292 e. The summed E-state index contributed by atoms with van der Waals surface area (Å²) in [6.45, 7) is 0.318. The molecule has 1 heterocycles. The highest BCUT2D eigenvalue weighted by Gasteiger charge is 2.52. The average molecular weight is 406 g/mol. The van der Waals surface area contributed by atoms with Crippen LogP contribution in [0.25, 0.3) is 10.8 Å². The number of nitrogens with zero attached hydrogens (tertiary/aromatic N) is 1. The Hall–Kier alpha value is -3.42. The van der Waals surface area contributed by atoms with Gasteiger partial charge in [-0.15, -0.1) is 0 Å². The van der Waals surface area contributed by atoms with Gasteiger partial charge in [-0.25, -0.2) is 0 Å². The largest absolute Gasteiger partial charge is 0.497 e. The zero-order valence-electron chi connectivity index (χ0n) is 17.0. The lowest BCUT2D eigenvalue weighted by Crippen LogP contribution is -2.43. The van der Waals surface area contributed by atoms with Crippen molar-refractivity contribution >= 4 is 28.3 Å². The molecule has 0 aliphatic carbocycles. The van der Waals surface area contributed by atoms with Crippen molar-refractivity contribution in [2.45, 2.75) is 12.3 Å². The van der Waals surface area contributed by atoms with E-state index in [-0.39, 0.29) is 11.5 Å². The molecule has 0 unspecified atom stereocenters. The maximum absolute atomic E-state index is 13.3. The fourth-order valence-corrected chi connectivity index (χ4v) is 3.91. The number of anilines is 1. The summed E-state index contributed by atoms with van der Waals surface area (Å²) in [4.78, 5) is 26.6. The van der Waals surface area contributed by atoms with E-state index in [1.807, 2.05) is 36.4 Å². The maximum Gasteiger partial charge on any atom is 0.292 e. The summed E-state index contributed by atoms with van der Waals surface area (Å²) >= 11 is 0. The van der Waals surface area contributed by atoms with Crippen molar-refractivity contribution in [1.29, 1.82) is 0 Å².